The van der Waals surface area contributed by atoms with Gasteiger partial charge in [-0.1, -0.05) is 25.1 Å². The highest BCUT2D eigenvalue weighted by Crippen LogP contribution is 2.13. The van der Waals surface area contributed by atoms with Crippen LogP contribution in [0.4, 0.5) is 5.69 Å². The number of hydrogen-bond donors (Lipinski definition) is 1. The Morgan fingerprint density at radius 3 is 2.47 bits per heavy atom. The van der Waals surface area contributed by atoms with Crippen molar-refractivity contribution in [3.63, 3.8) is 0 Å². The maximum absolute atomic E-state index is 12.6. The lowest BCUT2D eigenvalue weighted by atomic mass is 10.2. The molecule has 0 saturated heterocycles. The third-order valence-electron chi connectivity index (χ3n) is 4.80. The first kappa shape index (κ1) is 22.7. The number of amides is 2. The van der Waals surface area contributed by atoms with Crippen LogP contribution in [-0.4, -0.2) is 52.2 Å². The van der Waals surface area contributed by atoms with Gasteiger partial charge in [0.1, 0.15) is 0 Å². The topological polar surface area (TPSA) is 93.5 Å². The molecular formula is C24H26N4O4. The molecule has 166 valence electrons. The maximum Gasteiger partial charge on any atom is 0.338 e. The summed E-state index contributed by atoms with van der Waals surface area (Å²) in [6.07, 6.45) is 4.13. The molecule has 2 amide bonds. The molecule has 0 fully saturated rings. The fraction of sp³-hybridized carbons (Fsp3) is 0.250. The number of aromatic nitrogens is 2. The molecule has 0 spiro atoms. The monoisotopic (exact) mass is 434 g/mol. The number of nitrogens with zero attached hydrogens (tertiary/aromatic N) is 3. The molecule has 3 aromatic rings. The van der Waals surface area contributed by atoms with Gasteiger partial charge in [-0.15, -0.1) is 0 Å². The van der Waals surface area contributed by atoms with Crippen LogP contribution in [0.5, 0.6) is 0 Å². The molecule has 0 aliphatic carbocycles. The predicted octanol–water partition coefficient (Wildman–Crippen LogP) is 3.21. The van der Waals surface area contributed by atoms with Gasteiger partial charge in [0, 0.05) is 24.6 Å². The Morgan fingerprint density at radius 2 is 1.81 bits per heavy atom. The second-order valence-electron chi connectivity index (χ2n) is 7.25. The van der Waals surface area contributed by atoms with Gasteiger partial charge < -0.3 is 15.0 Å². The summed E-state index contributed by atoms with van der Waals surface area (Å²) >= 11 is 0. The number of hydrogen-bond acceptors (Lipinski definition) is 5. The molecule has 0 bridgehead atoms. The normalized spacial score (nSPS) is 10.4. The largest absolute Gasteiger partial charge is 0.452 e. The second kappa shape index (κ2) is 10.9. The van der Waals surface area contributed by atoms with Crippen LogP contribution in [0.15, 0.2) is 67.0 Å². The Morgan fingerprint density at radius 1 is 1.06 bits per heavy atom. The van der Waals surface area contributed by atoms with Gasteiger partial charge in [-0.05, 0) is 55.3 Å². The highest BCUT2D eigenvalue weighted by molar-refractivity contribution is 5.96. The number of aryl methyl sites for hydroxylation is 1. The Labute approximate surface area is 186 Å². The van der Waals surface area contributed by atoms with Gasteiger partial charge in [0.25, 0.3) is 5.91 Å². The molecule has 8 heteroatoms. The molecule has 1 heterocycles. The van der Waals surface area contributed by atoms with Crippen molar-refractivity contribution >= 4 is 23.5 Å². The summed E-state index contributed by atoms with van der Waals surface area (Å²) < 4.78 is 6.85. The predicted molar refractivity (Wildman–Crippen MR) is 121 cm³/mol. The number of rotatable bonds is 9. The molecule has 1 N–H and O–H groups in total. The van der Waals surface area contributed by atoms with Crippen LogP contribution < -0.4 is 5.32 Å². The van der Waals surface area contributed by atoms with Gasteiger partial charge in [-0.25, -0.2) is 9.48 Å². The summed E-state index contributed by atoms with van der Waals surface area (Å²) in [5, 5.41) is 6.94. The number of para-hydroxylation sites is 1. The first-order valence-electron chi connectivity index (χ1n) is 10.4. The number of esters is 1. The number of carbonyl (C=O) groups excluding carboxylic acids is 3. The van der Waals surface area contributed by atoms with Crippen LogP contribution in [-0.2, 0) is 14.3 Å². The van der Waals surface area contributed by atoms with E-state index >= 15 is 0 Å². The minimum atomic E-state index is -0.605. The molecule has 3 rings (SSSR count). The maximum atomic E-state index is 12.6. The summed E-state index contributed by atoms with van der Waals surface area (Å²) in [7, 11) is 0. The summed E-state index contributed by atoms with van der Waals surface area (Å²) in [5.41, 5.74) is 2.76. The van der Waals surface area contributed by atoms with Crippen molar-refractivity contribution < 1.29 is 19.1 Å². The van der Waals surface area contributed by atoms with Gasteiger partial charge in [-0.2, -0.15) is 5.10 Å². The fourth-order valence-corrected chi connectivity index (χ4v) is 3.11. The number of benzene rings is 2. The number of ether oxygens (including phenoxy) is 1. The van der Waals surface area contributed by atoms with Crippen LogP contribution in [0, 0.1) is 6.92 Å². The third kappa shape index (κ3) is 6.04. The van der Waals surface area contributed by atoms with E-state index in [0.29, 0.717) is 24.2 Å². The lowest BCUT2D eigenvalue weighted by Gasteiger charge is -2.21. The van der Waals surface area contributed by atoms with Gasteiger partial charge in [0.15, 0.2) is 6.61 Å². The highest BCUT2D eigenvalue weighted by Gasteiger charge is 2.19. The van der Waals surface area contributed by atoms with Crippen LogP contribution in [0.1, 0.15) is 29.3 Å². The van der Waals surface area contributed by atoms with Crippen LogP contribution >= 0.6 is 0 Å². The van der Waals surface area contributed by atoms with E-state index in [-0.39, 0.29) is 12.5 Å². The lowest BCUT2D eigenvalue weighted by Crippen LogP contribution is -2.40. The molecular weight excluding hydrogens is 408 g/mol. The smallest absolute Gasteiger partial charge is 0.338 e. The quantitative estimate of drug-likeness (QED) is 0.522. The van der Waals surface area contributed by atoms with Crippen LogP contribution in [0.2, 0.25) is 0 Å². The van der Waals surface area contributed by atoms with Crippen LogP contribution in [0.25, 0.3) is 5.69 Å². The summed E-state index contributed by atoms with van der Waals surface area (Å²) in [5.74, 6) is -1.33. The van der Waals surface area contributed by atoms with Crippen molar-refractivity contribution in [1.82, 2.24) is 14.7 Å². The summed E-state index contributed by atoms with van der Waals surface area (Å²) in [6, 6.07) is 15.9. The van der Waals surface area contributed by atoms with Gasteiger partial charge in [0.05, 0.1) is 17.8 Å². The van der Waals surface area contributed by atoms with E-state index in [1.165, 1.54) is 4.90 Å². The van der Waals surface area contributed by atoms with Crippen molar-refractivity contribution in [2.45, 2.75) is 20.3 Å². The van der Waals surface area contributed by atoms with Crippen molar-refractivity contribution in [2.24, 2.45) is 0 Å². The Kier molecular flexibility index (Phi) is 7.75. The molecule has 1 aromatic heterocycles. The zero-order valence-corrected chi connectivity index (χ0v) is 18.2. The highest BCUT2D eigenvalue weighted by atomic mass is 16.5. The molecule has 2 aromatic carbocycles. The molecule has 0 radical (unpaired) electrons. The first-order valence-corrected chi connectivity index (χ1v) is 10.4. The average molecular weight is 434 g/mol. The number of anilines is 1. The molecule has 0 atom stereocenters. The van der Waals surface area contributed by atoms with E-state index in [9.17, 15) is 14.4 Å². The van der Waals surface area contributed by atoms with E-state index < -0.39 is 18.5 Å². The zero-order chi connectivity index (χ0) is 22.9. The average Bonchev–Trinajstić information content (AvgIpc) is 3.33. The number of carbonyl (C=O) groups is 3. The Bertz CT molecular complexity index is 1060. The van der Waals surface area contributed by atoms with E-state index in [1.807, 2.05) is 32.0 Å². The van der Waals surface area contributed by atoms with Crippen molar-refractivity contribution in [3.8, 4) is 5.69 Å². The van der Waals surface area contributed by atoms with Gasteiger partial charge >= 0.3 is 5.97 Å². The fourth-order valence-electron chi connectivity index (χ4n) is 3.11. The van der Waals surface area contributed by atoms with E-state index in [2.05, 4.69) is 10.4 Å². The van der Waals surface area contributed by atoms with Crippen molar-refractivity contribution in [2.75, 3.05) is 25.0 Å². The minimum Gasteiger partial charge on any atom is -0.452 e. The minimum absolute atomic E-state index is 0.114. The summed E-state index contributed by atoms with van der Waals surface area (Å²) in [6.45, 7) is 3.64. The standard InChI is InChI=1S/C24H26N4O4/c1-3-14-27(16-22(29)26-21-8-5-4-7-18(21)2)23(30)17-32-24(31)19-9-11-20(12-10-19)28-15-6-13-25-28/h4-13,15H,3,14,16-17H2,1-2H3,(H,26,29). The Hall–Kier alpha value is -3.94. The molecule has 0 aliphatic rings. The molecule has 32 heavy (non-hydrogen) atoms. The number of nitrogens with one attached hydrogen (secondary N) is 1. The van der Waals surface area contributed by atoms with E-state index in [0.717, 1.165) is 11.3 Å². The first-order chi connectivity index (χ1) is 15.5. The molecule has 0 aliphatic heterocycles. The lowest BCUT2D eigenvalue weighted by molar-refractivity contribution is -0.137. The van der Waals surface area contributed by atoms with Gasteiger partial charge in [0.2, 0.25) is 5.91 Å². The van der Waals surface area contributed by atoms with Gasteiger partial charge in [-0.3, -0.25) is 9.59 Å². The molecule has 0 saturated carbocycles. The Balaban J connectivity index is 1.54. The molecule has 0 unspecified atom stereocenters. The van der Waals surface area contributed by atoms with Crippen molar-refractivity contribution in [3.05, 3.63) is 78.1 Å². The zero-order valence-electron chi connectivity index (χ0n) is 18.2. The van der Waals surface area contributed by atoms with Crippen molar-refractivity contribution in [1.29, 1.82) is 0 Å². The summed E-state index contributed by atoms with van der Waals surface area (Å²) in [4.78, 5) is 38.7. The second-order valence-corrected chi connectivity index (χ2v) is 7.25. The molecule has 8 nitrogen and oxygen atoms in total. The van der Waals surface area contributed by atoms with E-state index in [1.54, 1.807) is 53.5 Å². The SMILES string of the molecule is CCCN(CC(=O)Nc1ccccc1C)C(=O)COC(=O)c1ccc(-n2cccn2)cc1. The van der Waals surface area contributed by atoms with Crippen LogP contribution in [0.3, 0.4) is 0 Å². The van der Waals surface area contributed by atoms with E-state index in [4.69, 9.17) is 4.74 Å². The third-order valence-corrected chi connectivity index (χ3v) is 4.80.